The van der Waals surface area contributed by atoms with Crippen molar-refractivity contribution in [1.82, 2.24) is 0 Å². The third-order valence-electron chi connectivity index (χ3n) is 1.75. The molecule has 0 unspecified atom stereocenters. The quantitative estimate of drug-likeness (QED) is 0.449. The molecule has 0 aliphatic rings. The lowest BCUT2D eigenvalue weighted by Gasteiger charge is -1.97. The molecule has 0 fully saturated rings. The SMILES string of the molecule is CCC(=O)C(=O)CC(=O)CCC(C)=O. The molecule has 0 saturated carbocycles. The second kappa shape index (κ2) is 6.18. The molecule has 0 aromatic heterocycles. The molecule has 4 heteroatoms. The largest absolute Gasteiger partial charge is 0.300 e. The van der Waals surface area contributed by atoms with Gasteiger partial charge >= 0.3 is 0 Å². The van der Waals surface area contributed by atoms with Crippen LogP contribution in [0.3, 0.4) is 0 Å². The molecule has 0 aliphatic heterocycles. The molecular formula is C10H14O4. The normalized spacial score (nSPS) is 9.57. The smallest absolute Gasteiger partial charge is 0.205 e. The summed E-state index contributed by atoms with van der Waals surface area (Å²) >= 11 is 0. The van der Waals surface area contributed by atoms with Crippen molar-refractivity contribution in [3.8, 4) is 0 Å². The van der Waals surface area contributed by atoms with E-state index in [-0.39, 0.29) is 37.2 Å². The molecule has 0 bridgehead atoms. The van der Waals surface area contributed by atoms with Crippen LogP contribution in [-0.4, -0.2) is 23.1 Å². The molecule has 0 atom stereocenters. The van der Waals surface area contributed by atoms with Gasteiger partial charge < -0.3 is 4.79 Å². The van der Waals surface area contributed by atoms with Crippen LogP contribution in [0.5, 0.6) is 0 Å². The first kappa shape index (κ1) is 12.7. The van der Waals surface area contributed by atoms with Crippen LogP contribution in [0.4, 0.5) is 0 Å². The minimum Gasteiger partial charge on any atom is -0.300 e. The fourth-order valence-electron chi connectivity index (χ4n) is 0.879. The molecular weight excluding hydrogens is 184 g/mol. The van der Waals surface area contributed by atoms with E-state index in [0.717, 1.165) is 0 Å². The van der Waals surface area contributed by atoms with Crippen LogP contribution >= 0.6 is 0 Å². The Morgan fingerprint density at radius 2 is 1.50 bits per heavy atom. The van der Waals surface area contributed by atoms with Crippen molar-refractivity contribution in [2.24, 2.45) is 0 Å². The Morgan fingerprint density at radius 1 is 0.929 bits per heavy atom. The zero-order valence-corrected chi connectivity index (χ0v) is 8.46. The monoisotopic (exact) mass is 198 g/mol. The van der Waals surface area contributed by atoms with Gasteiger partial charge in [0.15, 0.2) is 5.78 Å². The number of ketones is 4. The Bertz CT molecular complexity index is 265. The standard InChI is InChI=1S/C10H14O4/c1-3-9(13)10(14)6-8(12)5-4-7(2)11/h3-6H2,1-2H3. The molecule has 0 heterocycles. The van der Waals surface area contributed by atoms with E-state index in [9.17, 15) is 19.2 Å². The number of carbonyl (C=O) groups is 4. The lowest BCUT2D eigenvalue weighted by atomic mass is 10.1. The van der Waals surface area contributed by atoms with Crippen LogP contribution in [0.15, 0.2) is 0 Å². The molecule has 0 aliphatic carbocycles. The zero-order valence-electron chi connectivity index (χ0n) is 8.46. The van der Waals surface area contributed by atoms with Gasteiger partial charge in [0.05, 0.1) is 6.42 Å². The van der Waals surface area contributed by atoms with E-state index in [1.54, 1.807) is 6.92 Å². The van der Waals surface area contributed by atoms with Crippen molar-refractivity contribution in [3.63, 3.8) is 0 Å². The Hall–Kier alpha value is -1.32. The highest BCUT2D eigenvalue weighted by molar-refractivity contribution is 6.40. The van der Waals surface area contributed by atoms with Crippen LogP contribution in [0.1, 0.15) is 39.5 Å². The van der Waals surface area contributed by atoms with Crippen molar-refractivity contribution in [2.75, 3.05) is 0 Å². The minimum absolute atomic E-state index is 0.0536. The van der Waals surface area contributed by atoms with Gasteiger partial charge in [-0.2, -0.15) is 0 Å². The Kier molecular flexibility index (Phi) is 5.60. The van der Waals surface area contributed by atoms with Gasteiger partial charge in [-0.15, -0.1) is 0 Å². The predicted molar refractivity (Wildman–Crippen MR) is 49.8 cm³/mol. The second-order valence-electron chi connectivity index (χ2n) is 3.12. The minimum atomic E-state index is -0.652. The third-order valence-corrected chi connectivity index (χ3v) is 1.75. The Morgan fingerprint density at radius 3 is 1.93 bits per heavy atom. The van der Waals surface area contributed by atoms with E-state index >= 15 is 0 Å². The Labute approximate surface area is 82.7 Å². The summed E-state index contributed by atoms with van der Waals surface area (Å²) in [4.78, 5) is 43.4. The molecule has 0 radical (unpaired) electrons. The van der Waals surface area contributed by atoms with Gasteiger partial charge in [0.1, 0.15) is 11.6 Å². The van der Waals surface area contributed by atoms with Gasteiger partial charge in [0, 0.05) is 19.3 Å². The number of Topliss-reactive ketones (excluding diaryl/α,β-unsaturated/α-hetero) is 4. The first-order valence-electron chi connectivity index (χ1n) is 4.54. The summed E-state index contributed by atoms with van der Waals surface area (Å²) < 4.78 is 0. The topological polar surface area (TPSA) is 68.3 Å². The third kappa shape index (κ3) is 5.35. The maximum absolute atomic E-state index is 11.1. The van der Waals surface area contributed by atoms with Crippen molar-refractivity contribution in [3.05, 3.63) is 0 Å². The van der Waals surface area contributed by atoms with E-state index in [4.69, 9.17) is 0 Å². The first-order chi connectivity index (χ1) is 6.47. The van der Waals surface area contributed by atoms with Gasteiger partial charge in [-0.1, -0.05) is 6.92 Å². The average molecular weight is 198 g/mol. The summed E-state index contributed by atoms with van der Waals surface area (Å²) in [5, 5.41) is 0. The lowest BCUT2D eigenvalue weighted by molar-refractivity contribution is -0.138. The Balaban J connectivity index is 3.89. The number of hydrogen-bond acceptors (Lipinski definition) is 4. The number of carbonyl (C=O) groups excluding carboxylic acids is 4. The molecule has 4 nitrogen and oxygen atoms in total. The molecule has 0 aromatic carbocycles. The fraction of sp³-hybridized carbons (Fsp3) is 0.600. The highest BCUT2D eigenvalue weighted by Crippen LogP contribution is 1.99. The molecule has 0 saturated heterocycles. The van der Waals surface area contributed by atoms with E-state index in [2.05, 4.69) is 0 Å². The van der Waals surface area contributed by atoms with E-state index in [1.165, 1.54) is 6.92 Å². The van der Waals surface area contributed by atoms with E-state index < -0.39 is 11.6 Å². The van der Waals surface area contributed by atoms with Crippen LogP contribution in [0, 0.1) is 0 Å². The molecule has 0 amide bonds. The molecule has 14 heavy (non-hydrogen) atoms. The van der Waals surface area contributed by atoms with Crippen molar-refractivity contribution in [1.29, 1.82) is 0 Å². The van der Waals surface area contributed by atoms with Gasteiger partial charge in [0.2, 0.25) is 5.78 Å². The van der Waals surface area contributed by atoms with Gasteiger partial charge in [-0.3, -0.25) is 14.4 Å². The average Bonchev–Trinajstić information content (AvgIpc) is 2.13. The van der Waals surface area contributed by atoms with E-state index in [0.29, 0.717) is 0 Å². The summed E-state index contributed by atoms with van der Waals surface area (Å²) in [5.41, 5.74) is 0. The van der Waals surface area contributed by atoms with Gasteiger partial charge in [-0.25, -0.2) is 0 Å². The summed E-state index contributed by atoms with van der Waals surface area (Å²) in [6, 6.07) is 0. The molecule has 0 N–H and O–H groups in total. The zero-order chi connectivity index (χ0) is 11.1. The number of hydrogen-bond donors (Lipinski definition) is 0. The highest BCUT2D eigenvalue weighted by Gasteiger charge is 2.15. The first-order valence-corrected chi connectivity index (χ1v) is 4.54. The van der Waals surface area contributed by atoms with Crippen LogP contribution in [-0.2, 0) is 19.2 Å². The lowest BCUT2D eigenvalue weighted by Crippen LogP contribution is -2.17. The molecule has 0 spiro atoms. The summed E-state index contributed by atoms with van der Waals surface area (Å²) in [7, 11) is 0. The fourth-order valence-corrected chi connectivity index (χ4v) is 0.879. The van der Waals surface area contributed by atoms with Gasteiger partial charge in [-0.05, 0) is 6.92 Å². The predicted octanol–water partition coefficient (Wildman–Crippen LogP) is 0.863. The van der Waals surface area contributed by atoms with Crippen molar-refractivity contribution >= 4 is 23.1 Å². The number of rotatable bonds is 7. The van der Waals surface area contributed by atoms with Crippen molar-refractivity contribution in [2.45, 2.75) is 39.5 Å². The molecule has 0 rings (SSSR count). The maximum Gasteiger partial charge on any atom is 0.205 e. The summed E-state index contributed by atoms with van der Waals surface area (Å²) in [5.74, 6) is -1.61. The highest BCUT2D eigenvalue weighted by atomic mass is 16.2. The second-order valence-corrected chi connectivity index (χ2v) is 3.12. The van der Waals surface area contributed by atoms with Crippen LogP contribution < -0.4 is 0 Å². The van der Waals surface area contributed by atoms with Gasteiger partial charge in [0.25, 0.3) is 0 Å². The molecule has 78 valence electrons. The van der Waals surface area contributed by atoms with Crippen LogP contribution in [0.25, 0.3) is 0 Å². The van der Waals surface area contributed by atoms with E-state index in [1.807, 2.05) is 0 Å². The summed E-state index contributed by atoms with van der Waals surface area (Å²) in [6.07, 6.45) is -0.0384. The van der Waals surface area contributed by atoms with Crippen molar-refractivity contribution < 1.29 is 19.2 Å². The van der Waals surface area contributed by atoms with Crippen LogP contribution in [0.2, 0.25) is 0 Å². The molecule has 0 aromatic rings. The summed E-state index contributed by atoms with van der Waals surface area (Å²) in [6.45, 7) is 2.95. The maximum atomic E-state index is 11.1.